The number of anilines is 1. The molecular weight excluding hydrogens is 302 g/mol. The van der Waals surface area contributed by atoms with Gasteiger partial charge in [0, 0.05) is 12.7 Å². The number of hydrogen-bond donors (Lipinski definition) is 1. The molecule has 0 aromatic carbocycles. The van der Waals surface area contributed by atoms with Crippen molar-refractivity contribution in [3.63, 3.8) is 0 Å². The predicted octanol–water partition coefficient (Wildman–Crippen LogP) is 3.37. The van der Waals surface area contributed by atoms with Crippen LogP contribution in [0.1, 0.15) is 23.8 Å². The van der Waals surface area contributed by atoms with Gasteiger partial charge in [-0.3, -0.25) is 10.1 Å². The Balaban J connectivity index is 2.11. The number of nitrogens with one attached hydrogen (secondary N) is 1. The van der Waals surface area contributed by atoms with E-state index in [1.165, 1.54) is 11.3 Å². The molecule has 6 heteroatoms. The Bertz CT molecular complexity index is 520. The van der Waals surface area contributed by atoms with E-state index in [0.29, 0.717) is 10.8 Å². The minimum Gasteiger partial charge on any atom is -0.344 e. The summed E-state index contributed by atoms with van der Waals surface area (Å²) in [5, 5.41) is 3.38. The highest BCUT2D eigenvalue weighted by Gasteiger charge is 2.12. The summed E-state index contributed by atoms with van der Waals surface area (Å²) in [7, 11) is 0. The SMILES string of the molecule is CCCn1cccc1C(=O)Nc1ncc(Br)s1. The maximum atomic E-state index is 12.0. The Morgan fingerprint density at radius 3 is 3.12 bits per heavy atom. The summed E-state index contributed by atoms with van der Waals surface area (Å²) in [6.07, 6.45) is 4.58. The average molecular weight is 314 g/mol. The molecule has 2 aromatic heterocycles. The van der Waals surface area contributed by atoms with Crippen LogP contribution >= 0.6 is 27.3 Å². The molecule has 1 amide bonds. The van der Waals surface area contributed by atoms with E-state index in [1.807, 2.05) is 22.9 Å². The molecule has 2 rings (SSSR count). The standard InChI is InChI=1S/C11H12BrN3OS/c1-2-5-15-6-3-4-8(15)10(16)14-11-13-7-9(12)17-11/h3-4,6-7H,2,5H2,1H3,(H,13,14,16). The van der Waals surface area contributed by atoms with Crippen molar-refractivity contribution in [2.75, 3.05) is 5.32 Å². The topological polar surface area (TPSA) is 46.9 Å². The lowest BCUT2D eigenvalue weighted by Crippen LogP contribution is -2.16. The van der Waals surface area contributed by atoms with Gasteiger partial charge in [-0.2, -0.15) is 0 Å². The quantitative estimate of drug-likeness (QED) is 0.940. The van der Waals surface area contributed by atoms with E-state index in [9.17, 15) is 4.79 Å². The third kappa shape index (κ3) is 2.95. The van der Waals surface area contributed by atoms with Crippen molar-refractivity contribution < 1.29 is 4.79 Å². The fourth-order valence-corrected chi connectivity index (χ4v) is 2.63. The molecule has 0 aliphatic heterocycles. The second kappa shape index (κ2) is 5.46. The van der Waals surface area contributed by atoms with Gasteiger partial charge in [-0.15, -0.1) is 0 Å². The van der Waals surface area contributed by atoms with E-state index >= 15 is 0 Å². The summed E-state index contributed by atoms with van der Waals surface area (Å²) in [6.45, 7) is 2.93. The molecule has 0 atom stereocenters. The summed E-state index contributed by atoms with van der Waals surface area (Å²) in [5.41, 5.74) is 0.665. The molecule has 0 aliphatic carbocycles. The molecule has 0 aliphatic rings. The van der Waals surface area contributed by atoms with Crippen LogP contribution in [0.4, 0.5) is 5.13 Å². The minimum atomic E-state index is -0.120. The highest BCUT2D eigenvalue weighted by atomic mass is 79.9. The first-order valence-corrected chi connectivity index (χ1v) is 6.89. The van der Waals surface area contributed by atoms with Gasteiger partial charge in [0.15, 0.2) is 5.13 Å². The first kappa shape index (κ1) is 12.3. The van der Waals surface area contributed by atoms with Gasteiger partial charge in [-0.25, -0.2) is 4.98 Å². The first-order valence-electron chi connectivity index (χ1n) is 5.28. The Morgan fingerprint density at radius 1 is 1.65 bits per heavy atom. The molecule has 0 spiro atoms. The number of amides is 1. The van der Waals surface area contributed by atoms with Crippen molar-refractivity contribution in [2.45, 2.75) is 19.9 Å². The van der Waals surface area contributed by atoms with Crippen LogP contribution in [-0.4, -0.2) is 15.5 Å². The summed E-state index contributed by atoms with van der Waals surface area (Å²) >= 11 is 4.71. The second-order valence-electron chi connectivity index (χ2n) is 3.51. The number of carbonyl (C=O) groups is 1. The van der Waals surface area contributed by atoms with Gasteiger partial charge in [0.2, 0.25) is 0 Å². The van der Waals surface area contributed by atoms with Gasteiger partial charge in [-0.1, -0.05) is 18.3 Å². The smallest absolute Gasteiger partial charge is 0.274 e. The Kier molecular flexibility index (Phi) is 3.96. The van der Waals surface area contributed by atoms with Gasteiger partial charge in [0.25, 0.3) is 5.91 Å². The van der Waals surface area contributed by atoms with Crippen LogP contribution in [0.2, 0.25) is 0 Å². The summed E-state index contributed by atoms with van der Waals surface area (Å²) in [4.78, 5) is 16.1. The van der Waals surface area contributed by atoms with Crippen molar-refractivity contribution in [2.24, 2.45) is 0 Å². The van der Waals surface area contributed by atoms with E-state index in [0.717, 1.165) is 16.8 Å². The summed E-state index contributed by atoms with van der Waals surface area (Å²) in [5.74, 6) is -0.120. The fourth-order valence-electron chi connectivity index (χ4n) is 1.53. The van der Waals surface area contributed by atoms with E-state index in [4.69, 9.17) is 0 Å². The molecule has 17 heavy (non-hydrogen) atoms. The lowest BCUT2D eigenvalue weighted by Gasteiger charge is -2.06. The number of nitrogens with zero attached hydrogens (tertiary/aromatic N) is 2. The Hall–Kier alpha value is -1.14. The van der Waals surface area contributed by atoms with Crippen LogP contribution in [-0.2, 0) is 6.54 Å². The summed E-state index contributed by atoms with van der Waals surface area (Å²) in [6, 6.07) is 3.69. The summed E-state index contributed by atoms with van der Waals surface area (Å²) < 4.78 is 2.84. The lowest BCUT2D eigenvalue weighted by molar-refractivity contribution is 0.101. The van der Waals surface area contributed by atoms with Crippen LogP contribution in [0.3, 0.4) is 0 Å². The van der Waals surface area contributed by atoms with Crippen molar-refractivity contribution in [3.05, 3.63) is 34.0 Å². The van der Waals surface area contributed by atoms with Gasteiger partial charge in [0.05, 0.1) is 9.98 Å². The molecule has 2 aromatic rings. The Morgan fingerprint density at radius 2 is 2.47 bits per heavy atom. The zero-order chi connectivity index (χ0) is 12.3. The molecule has 0 bridgehead atoms. The lowest BCUT2D eigenvalue weighted by atomic mass is 10.4. The molecule has 90 valence electrons. The molecule has 0 radical (unpaired) electrons. The fraction of sp³-hybridized carbons (Fsp3) is 0.273. The number of aromatic nitrogens is 2. The molecular formula is C11H12BrN3OS. The van der Waals surface area contributed by atoms with Gasteiger partial charge in [0.1, 0.15) is 5.69 Å². The Labute approximate surface area is 112 Å². The molecule has 0 saturated heterocycles. The monoisotopic (exact) mass is 313 g/mol. The highest BCUT2D eigenvalue weighted by Crippen LogP contribution is 2.23. The van der Waals surface area contributed by atoms with E-state index in [1.54, 1.807) is 6.20 Å². The molecule has 0 unspecified atom stereocenters. The van der Waals surface area contributed by atoms with Crippen LogP contribution in [0, 0.1) is 0 Å². The average Bonchev–Trinajstić information content (AvgIpc) is 2.88. The third-order valence-corrected chi connectivity index (χ3v) is 3.62. The zero-order valence-corrected chi connectivity index (χ0v) is 11.7. The van der Waals surface area contributed by atoms with Crippen molar-refractivity contribution in [3.8, 4) is 0 Å². The molecule has 0 fully saturated rings. The number of thiazole rings is 1. The van der Waals surface area contributed by atoms with Crippen LogP contribution in [0.25, 0.3) is 0 Å². The number of hydrogen-bond acceptors (Lipinski definition) is 3. The maximum absolute atomic E-state index is 12.0. The van der Waals surface area contributed by atoms with Gasteiger partial charge in [-0.05, 0) is 34.5 Å². The van der Waals surface area contributed by atoms with E-state index < -0.39 is 0 Å². The third-order valence-electron chi connectivity index (χ3n) is 2.22. The molecule has 0 saturated carbocycles. The van der Waals surface area contributed by atoms with Crippen molar-refractivity contribution in [1.29, 1.82) is 0 Å². The zero-order valence-electron chi connectivity index (χ0n) is 9.31. The molecule has 4 nitrogen and oxygen atoms in total. The second-order valence-corrected chi connectivity index (χ2v) is 5.92. The van der Waals surface area contributed by atoms with Crippen LogP contribution in [0.5, 0.6) is 0 Å². The van der Waals surface area contributed by atoms with Gasteiger partial charge < -0.3 is 4.57 Å². The predicted molar refractivity (Wildman–Crippen MR) is 72.5 cm³/mol. The van der Waals surface area contributed by atoms with Crippen LogP contribution in [0.15, 0.2) is 28.3 Å². The number of aryl methyl sites for hydroxylation is 1. The first-order chi connectivity index (χ1) is 8.20. The molecule has 1 N–H and O–H groups in total. The van der Waals surface area contributed by atoms with Crippen molar-refractivity contribution in [1.82, 2.24) is 9.55 Å². The van der Waals surface area contributed by atoms with Gasteiger partial charge >= 0.3 is 0 Å². The number of halogens is 1. The van der Waals surface area contributed by atoms with E-state index in [-0.39, 0.29) is 5.91 Å². The van der Waals surface area contributed by atoms with Crippen molar-refractivity contribution >= 4 is 38.3 Å². The van der Waals surface area contributed by atoms with Crippen LogP contribution < -0.4 is 5.32 Å². The maximum Gasteiger partial charge on any atom is 0.274 e. The van der Waals surface area contributed by atoms with E-state index in [2.05, 4.69) is 33.2 Å². The molecule has 2 heterocycles. The largest absolute Gasteiger partial charge is 0.344 e. The highest BCUT2D eigenvalue weighted by molar-refractivity contribution is 9.11. The minimum absolute atomic E-state index is 0.120. The normalized spacial score (nSPS) is 10.5. The number of rotatable bonds is 4. The number of carbonyl (C=O) groups excluding carboxylic acids is 1.